The Labute approximate surface area is 197 Å². The first-order valence-electron chi connectivity index (χ1n) is 9.77. The maximum Gasteiger partial charge on any atom is 0.216 e. The van der Waals surface area contributed by atoms with Crippen molar-refractivity contribution in [3.05, 3.63) is 72.9 Å². The number of hydrogen-bond acceptors (Lipinski definition) is 5. The molecule has 3 rings (SSSR count). The molecular weight excluding hydrogens is 569 g/mol. The summed E-state index contributed by atoms with van der Waals surface area (Å²) < 4.78 is 5.58. The van der Waals surface area contributed by atoms with Gasteiger partial charge >= 0.3 is 0 Å². The summed E-state index contributed by atoms with van der Waals surface area (Å²) in [5, 5.41) is 11.8. The third kappa shape index (κ3) is 8.60. The smallest absolute Gasteiger partial charge is 0.216 e. The van der Waals surface area contributed by atoms with Gasteiger partial charge in [0.25, 0.3) is 0 Å². The molecule has 31 heavy (non-hydrogen) atoms. The van der Waals surface area contributed by atoms with Crippen molar-refractivity contribution in [1.82, 2.24) is 9.97 Å². The fraction of sp³-hybridized carbons (Fsp3) is 0.320. The molecule has 2 aromatic heterocycles. The maximum atomic E-state index is 11.5. The first-order valence-corrected chi connectivity index (χ1v) is 9.77. The average Bonchev–Trinajstić information content (AvgIpc) is 2.68. The quantitative estimate of drug-likeness (QED) is 0.218. The Morgan fingerprint density at radius 3 is 2.23 bits per heavy atom. The Hall–Kier alpha value is -2.56. The Balaban J connectivity index is 0.000000314. The number of rotatable bonds is 3. The first-order chi connectivity index (χ1) is 14.0. The van der Waals surface area contributed by atoms with Gasteiger partial charge in [-0.3, -0.25) is 4.79 Å². The number of ether oxygens (including phenoxy) is 1. The zero-order valence-corrected chi connectivity index (χ0v) is 21.2. The second-order valence-corrected chi connectivity index (χ2v) is 8.97. The Kier molecular flexibility index (Phi) is 9.54. The van der Waals surface area contributed by atoms with Gasteiger partial charge in [-0.1, -0.05) is 78.2 Å². The Morgan fingerprint density at radius 2 is 1.68 bits per heavy atom. The van der Waals surface area contributed by atoms with E-state index in [1.54, 1.807) is 24.7 Å². The SMILES string of the molecule is CC(C)(C)C(=O)/C=C(\O)C(C)(C)C.[Ir].[c-]1cnccc1Oc1cc2ccccc2cn1. The Bertz CT molecular complexity index is 1020. The summed E-state index contributed by atoms with van der Waals surface area (Å²) in [6.07, 6.45) is 6.36. The van der Waals surface area contributed by atoms with Gasteiger partial charge in [-0.05, 0) is 11.1 Å². The van der Waals surface area contributed by atoms with Crippen LogP contribution >= 0.6 is 0 Å². The zero-order valence-electron chi connectivity index (χ0n) is 18.8. The zero-order chi connectivity index (χ0) is 22.4. The van der Waals surface area contributed by atoms with Crippen molar-refractivity contribution < 1.29 is 34.7 Å². The van der Waals surface area contributed by atoms with Gasteiger partial charge < -0.3 is 14.8 Å². The number of fused-ring (bicyclic) bond motifs is 1. The van der Waals surface area contributed by atoms with E-state index in [1.165, 1.54) is 6.08 Å². The van der Waals surface area contributed by atoms with Crippen molar-refractivity contribution in [2.45, 2.75) is 41.5 Å². The molecule has 2 heterocycles. The maximum absolute atomic E-state index is 11.5. The van der Waals surface area contributed by atoms with Crippen molar-refractivity contribution in [3.63, 3.8) is 0 Å². The van der Waals surface area contributed by atoms with Gasteiger partial charge in [0.2, 0.25) is 5.88 Å². The monoisotopic (exact) mass is 598 g/mol. The van der Waals surface area contributed by atoms with E-state index in [0.717, 1.165) is 10.8 Å². The third-order valence-corrected chi connectivity index (χ3v) is 4.19. The predicted octanol–water partition coefficient (Wildman–Crippen LogP) is 6.31. The number of ketones is 1. The molecule has 0 spiro atoms. The molecule has 0 unspecified atom stereocenters. The summed E-state index contributed by atoms with van der Waals surface area (Å²) in [6, 6.07) is 14.6. The van der Waals surface area contributed by atoms with Crippen molar-refractivity contribution in [1.29, 1.82) is 0 Å². The van der Waals surface area contributed by atoms with Crippen LogP contribution < -0.4 is 4.74 Å². The molecule has 5 nitrogen and oxygen atoms in total. The second-order valence-electron chi connectivity index (χ2n) is 8.97. The molecule has 0 bridgehead atoms. The van der Waals surface area contributed by atoms with E-state index >= 15 is 0 Å². The summed E-state index contributed by atoms with van der Waals surface area (Å²) in [7, 11) is 0. The molecule has 0 saturated carbocycles. The van der Waals surface area contributed by atoms with Crippen LogP contribution in [0.25, 0.3) is 10.8 Å². The van der Waals surface area contributed by atoms with E-state index in [4.69, 9.17) is 4.74 Å². The van der Waals surface area contributed by atoms with E-state index in [0.29, 0.717) is 11.6 Å². The van der Waals surface area contributed by atoms with Gasteiger partial charge in [0.05, 0.1) is 0 Å². The van der Waals surface area contributed by atoms with Crippen LogP contribution in [0.1, 0.15) is 41.5 Å². The van der Waals surface area contributed by atoms with E-state index in [9.17, 15) is 9.90 Å². The minimum absolute atomic E-state index is 0. The van der Waals surface area contributed by atoms with Crippen LogP contribution in [0.15, 0.2) is 66.8 Å². The molecule has 1 aromatic carbocycles. The molecule has 6 heteroatoms. The fourth-order valence-corrected chi connectivity index (χ4v) is 2.16. The summed E-state index contributed by atoms with van der Waals surface area (Å²) in [5.74, 6) is 1.28. The molecular formula is C25H29IrN2O3-. The first kappa shape index (κ1) is 26.5. The van der Waals surface area contributed by atoms with E-state index in [1.807, 2.05) is 71.9 Å². The van der Waals surface area contributed by atoms with Gasteiger partial charge in [0.15, 0.2) is 5.78 Å². The van der Waals surface area contributed by atoms with Crippen LogP contribution in [0.4, 0.5) is 0 Å². The molecule has 0 aliphatic heterocycles. The minimum atomic E-state index is -0.417. The standard InChI is InChI=1S/C14H9N2O.C11H20O2.Ir/c1-2-4-12-10-16-14(9-11(12)3-1)17-13-5-7-15-8-6-13;1-10(2,3)8(12)7-9(13)11(4,5)6;/h1-5,7-10H;7,12H,1-6H3;/q-1;;/b;8-7-;. The number of carbonyl (C=O) groups is 1. The van der Waals surface area contributed by atoms with Gasteiger partial charge in [-0.15, -0.1) is 0 Å². The van der Waals surface area contributed by atoms with E-state index < -0.39 is 5.41 Å². The van der Waals surface area contributed by atoms with Crippen molar-refractivity contribution >= 4 is 16.6 Å². The number of aliphatic hydroxyl groups is 1. The number of carbonyl (C=O) groups excluding carboxylic acids is 1. The van der Waals surface area contributed by atoms with Crippen molar-refractivity contribution in [2.75, 3.05) is 0 Å². The molecule has 167 valence electrons. The predicted molar refractivity (Wildman–Crippen MR) is 120 cm³/mol. The molecule has 1 N–H and O–H groups in total. The molecule has 0 saturated heterocycles. The van der Waals surface area contributed by atoms with Gasteiger partial charge in [0, 0.05) is 54.7 Å². The van der Waals surface area contributed by atoms with Gasteiger partial charge in [0.1, 0.15) is 5.76 Å². The third-order valence-electron chi connectivity index (χ3n) is 4.19. The number of nitrogens with zero attached hydrogens (tertiary/aromatic N) is 2. The molecule has 3 aromatic rings. The van der Waals surface area contributed by atoms with Gasteiger partial charge in [-0.25, -0.2) is 4.98 Å². The molecule has 0 fully saturated rings. The number of allylic oxidation sites excluding steroid dienone is 2. The largest absolute Gasteiger partial charge is 0.512 e. The molecule has 1 radical (unpaired) electrons. The van der Waals surface area contributed by atoms with Crippen LogP contribution in [0.5, 0.6) is 11.6 Å². The average molecular weight is 598 g/mol. The number of benzene rings is 1. The van der Waals surface area contributed by atoms with E-state index in [-0.39, 0.29) is 37.1 Å². The molecule has 0 aliphatic rings. The number of aromatic nitrogens is 2. The Morgan fingerprint density at radius 1 is 1.03 bits per heavy atom. The van der Waals surface area contributed by atoms with Crippen molar-refractivity contribution in [3.8, 4) is 11.6 Å². The number of aliphatic hydroxyl groups excluding tert-OH is 1. The van der Waals surface area contributed by atoms with Crippen LogP contribution in [0, 0.1) is 16.9 Å². The number of pyridine rings is 2. The summed E-state index contributed by atoms with van der Waals surface area (Å²) >= 11 is 0. The second kappa shape index (κ2) is 11.2. The molecule has 0 atom stereocenters. The van der Waals surface area contributed by atoms with Gasteiger partial charge in [-0.2, -0.15) is 12.1 Å². The van der Waals surface area contributed by atoms with Crippen LogP contribution in [-0.4, -0.2) is 20.9 Å². The molecule has 0 amide bonds. The van der Waals surface area contributed by atoms with Crippen LogP contribution in [-0.2, 0) is 24.9 Å². The topological polar surface area (TPSA) is 72.3 Å². The van der Waals surface area contributed by atoms with Crippen molar-refractivity contribution in [2.24, 2.45) is 10.8 Å². The molecule has 0 aliphatic carbocycles. The minimum Gasteiger partial charge on any atom is -0.512 e. The van der Waals surface area contributed by atoms with Crippen LogP contribution in [0.3, 0.4) is 0 Å². The van der Waals surface area contributed by atoms with E-state index in [2.05, 4.69) is 16.0 Å². The fourth-order valence-electron chi connectivity index (χ4n) is 2.16. The normalized spacial score (nSPS) is 11.7. The summed E-state index contributed by atoms with van der Waals surface area (Å²) in [4.78, 5) is 19.6. The van der Waals surface area contributed by atoms with Crippen LogP contribution in [0.2, 0.25) is 0 Å². The summed E-state index contributed by atoms with van der Waals surface area (Å²) in [6.45, 7) is 11.1. The summed E-state index contributed by atoms with van der Waals surface area (Å²) in [5.41, 5.74) is -0.764. The number of hydrogen-bond donors (Lipinski definition) is 1.